The molecule has 9 heteroatoms. The molecule has 0 unspecified atom stereocenters. The van der Waals surface area contributed by atoms with Gasteiger partial charge in [0.15, 0.2) is 0 Å². The van der Waals surface area contributed by atoms with Crippen molar-refractivity contribution in [2.24, 2.45) is 10.9 Å². The Labute approximate surface area is 186 Å². The van der Waals surface area contributed by atoms with Crippen LogP contribution in [0.25, 0.3) is 17.2 Å². The number of nitrogens with one attached hydrogen (secondary N) is 2. The van der Waals surface area contributed by atoms with Gasteiger partial charge < -0.3 is 15.8 Å². The van der Waals surface area contributed by atoms with Crippen molar-refractivity contribution in [2.75, 3.05) is 12.4 Å². The zero-order valence-corrected chi connectivity index (χ0v) is 18.0. The highest BCUT2D eigenvalue weighted by atomic mass is 32.2. The second-order valence-electron chi connectivity index (χ2n) is 6.81. The fourth-order valence-corrected chi connectivity index (χ4v) is 3.83. The smallest absolute Gasteiger partial charge is 0.248 e. The average molecular weight is 451 g/mol. The van der Waals surface area contributed by atoms with Crippen molar-refractivity contribution >= 4 is 33.5 Å². The summed E-state index contributed by atoms with van der Waals surface area (Å²) in [6.07, 6.45) is 2.91. The number of methoxy groups -OCH3 is 1. The Hall–Kier alpha value is -3.95. The van der Waals surface area contributed by atoms with Gasteiger partial charge in [-0.3, -0.25) is 10.2 Å². The van der Waals surface area contributed by atoms with Gasteiger partial charge in [-0.25, -0.2) is 13.6 Å². The van der Waals surface area contributed by atoms with Crippen LogP contribution < -0.4 is 20.9 Å². The van der Waals surface area contributed by atoms with E-state index in [1.807, 2.05) is 0 Å². The molecule has 0 saturated carbocycles. The average Bonchev–Trinajstić information content (AvgIpc) is 2.77. The van der Waals surface area contributed by atoms with E-state index in [-0.39, 0.29) is 16.6 Å². The van der Waals surface area contributed by atoms with Gasteiger partial charge in [-0.05, 0) is 48.0 Å². The number of benzene rings is 3. The minimum atomic E-state index is -3.87. The van der Waals surface area contributed by atoms with Crippen molar-refractivity contribution in [3.63, 3.8) is 0 Å². The van der Waals surface area contributed by atoms with Gasteiger partial charge in [-0.2, -0.15) is 0 Å². The van der Waals surface area contributed by atoms with Crippen molar-refractivity contribution < 1.29 is 17.9 Å². The molecular weight excluding hydrogens is 428 g/mol. The predicted molar refractivity (Wildman–Crippen MR) is 125 cm³/mol. The van der Waals surface area contributed by atoms with E-state index in [9.17, 15) is 13.2 Å². The zero-order chi connectivity index (χ0) is 23.3. The first-order chi connectivity index (χ1) is 15.2. The number of ether oxygens (including phenoxy) is 1. The van der Waals surface area contributed by atoms with Gasteiger partial charge in [-0.1, -0.05) is 30.3 Å². The minimum absolute atomic E-state index is 0.0291. The van der Waals surface area contributed by atoms with E-state index in [2.05, 4.69) is 5.32 Å². The van der Waals surface area contributed by atoms with E-state index in [1.165, 1.54) is 19.3 Å². The highest BCUT2D eigenvalue weighted by Gasteiger charge is 2.14. The quantitative estimate of drug-likeness (QED) is 0.248. The number of carbonyl (C=O) groups excluding carboxylic acids is 1. The molecule has 0 aliphatic rings. The van der Waals surface area contributed by atoms with Gasteiger partial charge in [-0.15, -0.1) is 0 Å². The van der Waals surface area contributed by atoms with Crippen molar-refractivity contribution in [1.82, 2.24) is 0 Å². The lowest BCUT2D eigenvalue weighted by molar-refractivity contribution is -0.111. The molecule has 3 aromatic rings. The normalized spacial score (nSPS) is 11.3. The van der Waals surface area contributed by atoms with Crippen molar-refractivity contribution in [2.45, 2.75) is 4.90 Å². The van der Waals surface area contributed by atoms with Crippen LogP contribution in [0.15, 0.2) is 77.7 Å². The molecule has 0 fully saturated rings. The van der Waals surface area contributed by atoms with E-state index < -0.39 is 10.0 Å². The van der Waals surface area contributed by atoms with Gasteiger partial charge in [0.2, 0.25) is 15.9 Å². The van der Waals surface area contributed by atoms with Crippen molar-refractivity contribution in [1.29, 1.82) is 5.41 Å². The van der Waals surface area contributed by atoms with Gasteiger partial charge in [0, 0.05) is 28.5 Å². The first-order valence-electron chi connectivity index (χ1n) is 9.43. The van der Waals surface area contributed by atoms with Crippen LogP contribution in [0.2, 0.25) is 0 Å². The Morgan fingerprint density at radius 1 is 1.06 bits per heavy atom. The van der Waals surface area contributed by atoms with E-state index >= 15 is 0 Å². The Kier molecular flexibility index (Phi) is 6.72. The number of hydrogen-bond donors (Lipinski definition) is 4. The lowest BCUT2D eigenvalue weighted by Gasteiger charge is -2.09. The van der Waals surface area contributed by atoms with Crippen LogP contribution in [0.3, 0.4) is 0 Å². The van der Waals surface area contributed by atoms with E-state index in [1.54, 1.807) is 66.7 Å². The Morgan fingerprint density at radius 3 is 2.38 bits per heavy atom. The number of sulfonamides is 1. The van der Waals surface area contributed by atoms with Crippen molar-refractivity contribution in [3.05, 3.63) is 83.9 Å². The molecule has 0 bridgehead atoms. The summed E-state index contributed by atoms with van der Waals surface area (Å²) in [5, 5.41) is 15.6. The fraction of sp³-hybridized carbons (Fsp3) is 0.0435. The molecule has 0 aliphatic carbocycles. The van der Waals surface area contributed by atoms with Crippen LogP contribution in [0.5, 0.6) is 5.75 Å². The topological polar surface area (TPSA) is 148 Å². The molecule has 32 heavy (non-hydrogen) atoms. The first-order valence-corrected chi connectivity index (χ1v) is 11.0. The van der Waals surface area contributed by atoms with Crippen LogP contribution in [0.4, 0.5) is 5.69 Å². The lowest BCUT2D eigenvalue weighted by Crippen LogP contribution is -2.13. The third-order valence-corrected chi connectivity index (χ3v) is 5.58. The second-order valence-corrected chi connectivity index (χ2v) is 8.34. The van der Waals surface area contributed by atoms with Crippen LogP contribution in [-0.4, -0.2) is 27.3 Å². The van der Waals surface area contributed by atoms with Gasteiger partial charge in [0.25, 0.3) is 0 Å². The zero-order valence-electron chi connectivity index (χ0n) is 17.2. The molecule has 0 atom stereocenters. The summed E-state index contributed by atoms with van der Waals surface area (Å²) in [6, 6.07) is 18.1. The number of amides is 1. The Balaban J connectivity index is 1.77. The van der Waals surface area contributed by atoms with Crippen LogP contribution >= 0.6 is 0 Å². The summed E-state index contributed by atoms with van der Waals surface area (Å²) in [6.45, 7) is 0. The minimum Gasteiger partial charge on any atom is -0.496 e. The Morgan fingerprint density at radius 2 is 1.75 bits per heavy atom. The molecule has 0 saturated heterocycles. The van der Waals surface area contributed by atoms with Gasteiger partial charge in [0.05, 0.1) is 12.0 Å². The van der Waals surface area contributed by atoms with Gasteiger partial charge >= 0.3 is 0 Å². The maximum Gasteiger partial charge on any atom is 0.248 e. The molecule has 3 rings (SSSR count). The molecule has 0 aromatic heterocycles. The SMILES string of the molecule is COc1ccc(C(=N)N)cc1/C=C\C(=O)Nc1ccc(-c2ccccc2S(N)(=O)=O)cc1. The fourth-order valence-electron chi connectivity index (χ4n) is 3.07. The third kappa shape index (κ3) is 5.39. The molecule has 164 valence electrons. The highest BCUT2D eigenvalue weighted by molar-refractivity contribution is 7.89. The molecule has 1 amide bonds. The van der Waals surface area contributed by atoms with Crippen LogP contribution in [-0.2, 0) is 14.8 Å². The molecule has 0 heterocycles. The summed E-state index contributed by atoms with van der Waals surface area (Å²) >= 11 is 0. The van der Waals surface area contributed by atoms with E-state index in [4.69, 9.17) is 21.0 Å². The third-order valence-electron chi connectivity index (χ3n) is 4.61. The molecular formula is C23H22N4O4S. The second kappa shape index (κ2) is 9.46. The molecule has 8 nitrogen and oxygen atoms in total. The van der Waals surface area contributed by atoms with Crippen LogP contribution in [0.1, 0.15) is 11.1 Å². The molecule has 0 aliphatic heterocycles. The molecule has 3 aromatic carbocycles. The number of hydrogen-bond acceptors (Lipinski definition) is 5. The summed E-state index contributed by atoms with van der Waals surface area (Å²) in [5.74, 6) is 0.0748. The summed E-state index contributed by atoms with van der Waals surface area (Å²) in [7, 11) is -2.36. The highest BCUT2D eigenvalue weighted by Crippen LogP contribution is 2.27. The van der Waals surface area contributed by atoms with Crippen molar-refractivity contribution in [3.8, 4) is 16.9 Å². The number of carbonyl (C=O) groups is 1. The lowest BCUT2D eigenvalue weighted by atomic mass is 10.1. The first kappa shape index (κ1) is 22.7. The number of nitrogens with two attached hydrogens (primary N) is 2. The maximum atomic E-state index is 12.3. The largest absolute Gasteiger partial charge is 0.496 e. The predicted octanol–water partition coefficient (Wildman–Crippen LogP) is 2.95. The number of nitrogen functional groups attached to an aromatic ring is 1. The summed E-state index contributed by atoms with van der Waals surface area (Å²) < 4.78 is 28.9. The molecule has 6 N–H and O–H groups in total. The summed E-state index contributed by atoms with van der Waals surface area (Å²) in [4.78, 5) is 12.4. The number of rotatable bonds is 7. The van der Waals surface area contributed by atoms with E-state index in [0.29, 0.717) is 33.7 Å². The van der Waals surface area contributed by atoms with Gasteiger partial charge in [0.1, 0.15) is 11.6 Å². The number of anilines is 1. The summed E-state index contributed by atoms with van der Waals surface area (Å²) in [5.41, 5.74) is 8.29. The number of primary sulfonamides is 1. The maximum absolute atomic E-state index is 12.3. The van der Waals surface area contributed by atoms with E-state index in [0.717, 1.165) is 0 Å². The standard InChI is InChI=1S/C23H22N4O4S/c1-31-20-12-8-17(23(24)25)14-16(20)9-13-22(28)27-18-10-6-15(7-11-18)19-4-2-3-5-21(19)32(26,29)30/h2-14H,1H3,(H3,24,25)(H,27,28)(H2,26,29,30)/b13-9-. The Bertz CT molecular complexity index is 1300. The monoisotopic (exact) mass is 450 g/mol. The molecule has 0 radical (unpaired) electrons. The van der Waals surface area contributed by atoms with Crippen LogP contribution in [0, 0.1) is 5.41 Å². The molecule has 0 spiro atoms. The number of amidine groups is 1.